The summed E-state index contributed by atoms with van der Waals surface area (Å²) in [5, 5.41) is 9.50. The van der Waals surface area contributed by atoms with Crippen molar-refractivity contribution >= 4 is 5.97 Å². The van der Waals surface area contributed by atoms with Gasteiger partial charge >= 0.3 is 5.97 Å². The predicted molar refractivity (Wildman–Crippen MR) is 67.2 cm³/mol. The van der Waals surface area contributed by atoms with E-state index in [0.717, 1.165) is 12.0 Å². The summed E-state index contributed by atoms with van der Waals surface area (Å²) in [6.45, 7) is 4.73. The fourth-order valence-electron chi connectivity index (χ4n) is 1.87. The van der Waals surface area contributed by atoms with E-state index >= 15 is 0 Å². The van der Waals surface area contributed by atoms with E-state index in [2.05, 4.69) is 0 Å². The van der Waals surface area contributed by atoms with Gasteiger partial charge in [-0.3, -0.25) is 4.79 Å². The van der Waals surface area contributed by atoms with Gasteiger partial charge in [0, 0.05) is 6.61 Å². The molecule has 0 spiro atoms. The second-order valence-corrected chi connectivity index (χ2v) is 4.16. The zero-order chi connectivity index (χ0) is 12.7. The van der Waals surface area contributed by atoms with Crippen LogP contribution in [0.1, 0.15) is 32.3 Å². The Balaban J connectivity index is 2.97. The lowest BCUT2D eigenvalue weighted by Crippen LogP contribution is -2.40. The highest BCUT2D eigenvalue weighted by atomic mass is 16.5. The monoisotopic (exact) mass is 236 g/mol. The van der Waals surface area contributed by atoms with E-state index in [1.807, 2.05) is 44.2 Å². The number of ether oxygens (including phenoxy) is 1. The molecule has 0 radical (unpaired) electrons. The number of carboxylic acid groups (broad SMARTS) is 1. The summed E-state index contributed by atoms with van der Waals surface area (Å²) in [6, 6.07) is 9.32. The summed E-state index contributed by atoms with van der Waals surface area (Å²) in [4.78, 5) is 11.6. The molecule has 1 N–H and O–H groups in total. The molecule has 17 heavy (non-hydrogen) atoms. The number of rotatable bonds is 7. The standard InChI is InChI=1S/C14H20O3/c1-3-10-17-11-14(4-2,13(15)16)12-8-6-5-7-9-12/h5-9H,3-4,10-11H2,1-2H3,(H,15,16). The van der Waals surface area contributed by atoms with Crippen molar-refractivity contribution in [3.8, 4) is 0 Å². The van der Waals surface area contributed by atoms with E-state index in [-0.39, 0.29) is 6.61 Å². The summed E-state index contributed by atoms with van der Waals surface area (Å²) in [7, 11) is 0. The fourth-order valence-corrected chi connectivity index (χ4v) is 1.87. The Labute approximate surface area is 102 Å². The van der Waals surface area contributed by atoms with Gasteiger partial charge in [0.1, 0.15) is 5.41 Å². The molecule has 0 aromatic heterocycles. The number of hydrogen-bond acceptors (Lipinski definition) is 2. The van der Waals surface area contributed by atoms with Crippen LogP contribution in [-0.2, 0) is 14.9 Å². The van der Waals surface area contributed by atoms with Crippen molar-refractivity contribution in [3.63, 3.8) is 0 Å². The third-order valence-electron chi connectivity index (χ3n) is 3.04. The maximum absolute atomic E-state index is 11.6. The molecule has 0 bridgehead atoms. The van der Waals surface area contributed by atoms with Crippen LogP contribution in [0.2, 0.25) is 0 Å². The van der Waals surface area contributed by atoms with Crippen LogP contribution in [0.15, 0.2) is 30.3 Å². The zero-order valence-corrected chi connectivity index (χ0v) is 10.5. The van der Waals surface area contributed by atoms with Gasteiger partial charge in [0.25, 0.3) is 0 Å². The Kier molecular flexibility index (Phi) is 5.16. The Hall–Kier alpha value is -1.35. The highest BCUT2D eigenvalue weighted by Gasteiger charge is 2.38. The smallest absolute Gasteiger partial charge is 0.316 e. The summed E-state index contributed by atoms with van der Waals surface area (Å²) in [5.74, 6) is -0.817. The van der Waals surface area contributed by atoms with Crippen LogP contribution >= 0.6 is 0 Å². The first-order valence-corrected chi connectivity index (χ1v) is 6.04. The third kappa shape index (κ3) is 3.07. The van der Waals surface area contributed by atoms with E-state index in [9.17, 15) is 9.90 Å². The molecule has 1 aromatic carbocycles. The molecular formula is C14H20O3. The number of aliphatic carboxylic acids is 1. The number of hydrogen-bond donors (Lipinski definition) is 1. The first kappa shape index (κ1) is 13.7. The van der Waals surface area contributed by atoms with Crippen LogP contribution in [0.3, 0.4) is 0 Å². The molecule has 1 unspecified atom stereocenters. The molecule has 1 rings (SSSR count). The lowest BCUT2D eigenvalue weighted by atomic mass is 9.79. The minimum Gasteiger partial charge on any atom is -0.481 e. The lowest BCUT2D eigenvalue weighted by molar-refractivity contribution is -0.146. The Bertz CT molecular complexity index is 348. The van der Waals surface area contributed by atoms with Gasteiger partial charge in [0.2, 0.25) is 0 Å². The summed E-state index contributed by atoms with van der Waals surface area (Å²) >= 11 is 0. The molecule has 0 heterocycles. The predicted octanol–water partition coefficient (Wildman–Crippen LogP) is 2.85. The van der Waals surface area contributed by atoms with Crippen LogP contribution in [0.5, 0.6) is 0 Å². The van der Waals surface area contributed by atoms with Crippen LogP contribution in [0, 0.1) is 0 Å². The molecule has 3 nitrogen and oxygen atoms in total. The molecule has 0 saturated carbocycles. The maximum Gasteiger partial charge on any atom is 0.316 e. The zero-order valence-electron chi connectivity index (χ0n) is 10.5. The average molecular weight is 236 g/mol. The highest BCUT2D eigenvalue weighted by Crippen LogP contribution is 2.28. The second-order valence-electron chi connectivity index (χ2n) is 4.16. The average Bonchev–Trinajstić information content (AvgIpc) is 2.36. The molecule has 0 aliphatic heterocycles. The largest absolute Gasteiger partial charge is 0.481 e. The number of carbonyl (C=O) groups is 1. The lowest BCUT2D eigenvalue weighted by Gasteiger charge is -2.28. The molecule has 1 atom stereocenters. The summed E-state index contributed by atoms with van der Waals surface area (Å²) < 4.78 is 5.47. The van der Waals surface area contributed by atoms with Crippen LogP contribution < -0.4 is 0 Å². The van der Waals surface area contributed by atoms with Gasteiger partial charge in [-0.2, -0.15) is 0 Å². The maximum atomic E-state index is 11.6. The molecule has 0 amide bonds. The van der Waals surface area contributed by atoms with Crippen LogP contribution in [-0.4, -0.2) is 24.3 Å². The minimum absolute atomic E-state index is 0.233. The van der Waals surface area contributed by atoms with Crippen LogP contribution in [0.25, 0.3) is 0 Å². The van der Waals surface area contributed by atoms with E-state index in [4.69, 9.17) is 4.74 Å². The Morgan fingerprint density at radius 2 is 1.94 bits per heavy atom. The number of carboxylic acids is 1. The van der Waals surface area contributed by atoms with Gasteiger partial charge in [-0.05, 0) is 18.4 Å². The first-order valence-electron chi connectivity index (χ1n) is 6.04. The van der Waals surface area contributed by atoms with Gasteiger partial charge in [-0.1, -0.05) is 44.2 Å². The molecular weight excluding hydrogens is 216 g/mol. The van der Waals surface area contributed by atoms with Crippen molar-refractivity contribution < 1.29 is 14.6 Å². The Morgan fingerprint density at radius 1 is 1.29 bits per heavy atom. The quantitative estimate of drug-likeness (QED) is 0.740. The van der Waals surface area contributed by atoms with Gasteiger partial charge in [0.05, 0.1) is 6.61 Å². The van der Waals surface area contributed by atoms with Crippen molar-refractivity contribution in [3.05, 3.63) is 35.9 Å². The molecule has 0 fully saturated rings. The number of benzene rings is 1. The summed E-state index contributed by atoms with van der Waals surface area (Å²) in [5.41, 5.74) is -0.109. The van der Waals surface area contributed by atoms with Crippen molar-refractivity contribution in [1.29, 1.82) is 0 Å². The first-order chi connectivity index (χ1) is 8.17. The molecule has 3 heteroatoms. The third-order valence-corrected chi connectivity index (χ3v) is 3.04. The molecule has 1 aromatic rings. The fraction of sp³-hybridized carbons (Fsp3) is 0.500. The van der Waals surface area contributed by atoms with Crippen LogP contribution in [0.4, 0.5) is 0 Å². The SMILES string of the molecule is CCCOCC(CC)(C(=O)O)c1ccccc1. The van der Waals surface area contributed by atoms with Crippen molar-refractivity contribution in [2.24, 2.45) is 0 Å². The highest BCUT2D eigenvalue weighted by molar-refractivity contribution is 5.81. The molecule has 0 aliphatic carbocycles. The molecule has 94 valence electrons. The topological polar surface area (TPSA) is 46.5 Å². The van der Waals surface area contributed by atoms with E-state index < -0.39 is 11.4 Å². The van der Waals surface area contributed by atoms with Gasteiger partial charge < -0.3 is 9.84 Å². The van der Waals surface area contributed by atoms with E-state index in [1.54, 1.807) is 0 Å². The minimum atomic E-state index is -0.920. The molecule has 0 aliphatic rings. The summed E-state index contributed by atoms with van der Waals surface area (Å²) in [6.07, 6.45) is 1.42. The van der Waals surface area contributed by atoms with Crippen molar-refractivity contribution in [2.45, 2.75) is 32.1 Å². The van der Waals surface area contributed by atoms with Crippen molar-refractivity contribution in [2.75, 3.05) is 13.2 Å². The molecule has 0 saturated heterocycles. The van der Waals surface area contributed by atoms with Crippen molar-refractivity contribution in [1.82, 2.24) is 0 Å². The van der Waals surface area contributed by atoms with Gasteiger partial charge in [-0.25, -0.2) is 0 Å². The Morgan fingerprint density at radius 3 is 2.41 bits per heavy atom. The normalized spacial score (nSPS) is 14.2. The van der Waals surface area contributed by atoms with E-state index in [1.165, 1.54) is 0 Å². The second kappa shape index (κ2) is 6.40. The van der Waals surface area contributed by atoms with Gasteiger partial charge in [-0.15, -0.1) is 0 Å². The van der Waals surface area contributed by atoms with Gasteiger partial charge in [0.15, 0.2) is 0 Å². The van der Waals surface area contributed by atoms with E-state index in [0.29, 0.717) is 13.0 Å².